The van der Waals surface area contributed by atoms with Crippen molar-refractivity contribution in [3.8, 4) is 6.07 Å². The Morgan fingerprint density at radius 3 is 2.69 bits per heavy atom. The van der Waals surface area contributed by atoms with Crippen molar-refractivity contribution in [2.24, 2.45) is 0 Å². The molecule has 1 aromatic rings. The monoisotopic (exact) mass is 192 g/mol. The van der Waals surface area contributed by atoms with E-state index in [0.29, 0.717) is 6.42 Å². The molecule has 1 rings (SSSR count). The van der Waals surface area contributed by atoms with Gasteiger partial charge in [0.1, 0.15) is 0 Å². The summed E-state index contributed by atoms with van der Waals surface area (Å²) in [6, 6.07) is 6.24. The summed E-state index contributed by atoms with van der Waals surface area (Å²) >= 11 is 0. The molecule has 0 aromatic carbocycles. The second-order valence-corrected chi connectivity index (χ2v) is 9.96. The Morgan fingerprint density at radius 1 is 1.46 bits per heavy atom. The maximum Gasteiger partial charge on any atom is 0.0754 e. The average Bonchev–Trinajstić information content (AvgIpc) is 2.34. The maximum atomic E-state index is 8.61. The van der Waals surface area contributed by atoms with Crippen molar-refractivity contribution in [3.63, 3.8) is 0 Å². The molecular formula is C10H16N2Si. The molecule has 0 atom stereocenters. The lowest BCUT2D eigenvalue weighted by molar-refractivity contribution is 0.810. The first-order valence-electron chi connectivity index (χ1n) is 4.54. The molecule has 0 bridgehead atoms. The van der Waals surface area contributed by atoms with E-state index in [1.54, 1.807) is 0 Å². The molecule has 0 unspecified atom stereocenters. The Morgan fingerprint density at radius 2 is 2.15 bits per heavy atom. The third-order valence-electron chi connectivity index (χ3n) is 1.83. The highest BCUT2D eigenvalue weighted by atomic mass is 28.3. The average molecular weight is 192 g/mol. The van der Waals surface area contributed by atoms with Crippen LogP contribution in [0.5, 0.6) is 0 Å². The molecule has 0 N–H and O–H groups in total. The number of nitrogens with zero attached hydrogens (tertiary/aromatic N) is 2. The lowest BCUT2D eigenvalue weighted by Gasteiger charge is -2.18. The van der Waals surface area contributed by atoms with Crippen LogP contribution in [-0.2, 0) is 12.6 Å². The summed E-state index contributed by atoms with van der Waals surface area (Å²) in [4.78, 5) is 0. The first kappa shape index (κ1) is 10.1. The van der Waals surface area contributed by atoms with Gasteiger partial charge >= 0.3 is 0 Å². The van der Waals surface area contributed by atoms with Crippen LogP contribution < -0.4 is 0 Å². The summed E-state index contributed by atoms with van der Waals surface area (Å²) < 4.78 is 2.22. The Bertz CT molecular complexity index is 314. The second-order valence-electron chi connectivity index (χ2n) is 4.52. The van der Waals surface area contributed by atoms with Gasteiger partial charge in [-0.1, -0.05) is 19.6 Å². The quantitative estimate of drug-likeness (QED) is 0.676. The van der Waals surface area contributed by atoms with Gasteiger partial charge in [0.25, 0.3) is 0 Å². The van der Waals surface area contributed by atoms with Gasteiger partial charge in [-0.15, -0.1) is 0 Å². The van der Waals surface area contributed by atoms with Crippen molar-refractivity contribution in [2.45, 2.75) is 32.2 Å². The van der Waals surface area contributed by atoms with Crippen LogP contribution in [0.1, 0.15) is 5.69 Å². The van der Waals surface area contributed by atoms with Crippen molar-refractivity contribution in [2.75, 3.05) is 0 Å². The maximum absolute atomic E-state index is 8.61. The smallest absolute Gasteiger partial charge is 0.0754 e. The molecule has 0 fully saturated rings. The normalized spacial score (nSPS) is 11.2. The fraction of sp³-hybridized carbons (Fsp3) is 0.500. The largest absolute Gasteiger partial charge is 0.353 e. The van der Waals surface area contributed by atoms with Crippen LogP contribution in [0.25, 0.3) is 0 Å². The third kappa shape index (κ3) is 3.08. The van der Waals surface area contributed by atoms with Gasteiger partial charge in [0.2, 0.25) is 0 Å². The van der Waals surface area contributed by atoms with Gasteiger partial charge in [-0.3, -0.25) is 0 Å². The van der Waals surface area contributed by atoms with E-state index >= 15 is 0 Å². The lowest BCUT2D eigenvalue weighted by atomic mass is 10.3. The zero-order valence-electron chi connectivity index (χ0n) is 8.54. The van der Waals surface area contributed by atoms with Crippen molar-refractivity contribution in [1.82, 2.24) is 4.57 Å². The zero-order chi connectivity index (χ0) is 9.90. The SMILES string of the molecule is C[Si](C)(C)Cn1cccc1CC#N. The van der Waals surface area contributed by atoms with E-state index < -0.39 is 8.07 Å². The predicted octanol–water partition coefficient (Wildman–Crippen LogP) is 2.43. The minimum absolute atomic E-state index is 0.525. The molecule has 2 nitrogen and oxygen atoms in total. The number of hydrogen-bond acceptors (Lipinski definition) is 1. The van der Waals surface area contributed by atoms with Crippen LogP contribution in [0.2, 0.25) is 19.6 Å². The first-order valence-corrected chi connectivity index (χ1v) is 8.24. The first-order chi connectivity index (χ1) is 6.03. The van der Waals surface area contributed by atoms with Gasteiger partial charge in [-0.05, 0) is 12.1 Å². The second kappa shape index (κ2) is 3.80. The van der Waals surface area contributed by atoms with Gasteiger partial charge in [0.15, 0.2) is 0 Å². The number of rotatable bonds is 3. The number of nitriles is 1. The Kier molecular flexibility index (Phi) is 2.94. The van der Waals surface area contributed by atoms with Crippen LogP contribution in [0.15, 0.2) is 18.3 Å². The molecular weight excluding hydrogens is 176 g/mol. The molecule has 0 saturated heterocycles. The molecule has 1 heterocycles. The van der Waals surface area contributed by atoms with Gasteiger partial charge in [0.05, 0.1) is 20.6 Å². The van der Waals surface area contributed by atoms with Crippen LogP contribution in [-0.4, -0.2) is 12.6 Å². The van der Waals surface area contributed by atoms with E-state index in [4.69, 9.17) is 5.26 Å². The lowest BCUT2D eigenvalue weighted by Crippen LogP contribution is -2.28. The summed E-state index contributed by atoms with van der Waals surface area (Å²) in [7, 11) is -1.07. The highest BCUT2D eigenvalue weighted by molar-refractivity contribution is 6.74. The Hall–Kier alpha value is -1.01. The van der Waals surface area contributed by atoms with E-state index in [1.165, 1.54) is 0 Å². The highest BCUT2D eigenvalue weighted by Gasteiger charge is 2.14. The van der Waals surface area contributed by atoms with Gasteiger partial charge in [-0.2, -0.15) is 5.26 Å². The molecule has 0 radical (unpaired) electrons. The Labute approximate surface area is 80.8 Å². The standard InChI is InChI=1S/C10H16N2Si/c1-13(2,3)9-12-8-4-5-10(12)6-7-11/h4-5,8H,6,9H2,1-3H3. The van der Waals surface area contributed by atoms with Crippen molar-refractivity contribution >= 4 is 8.07 Å². The van der Waals surface area contributed by atoms with Crippen molar-refractivity contribution in [3.05, 3.63) is 24.0 Å². The minimum atomic E-state index is -1.07. The van der Waals surface area contributed by atoms with Crippen LogP contribution in [0.3, 0.4) is 0 Å². The van der Waals surface area contributed by atoms with Crippen LogP contribution in [0, 0.1) is 11.3 Å². The summed E-state index contributed by atoms with van der Waals surface area (Å²) in [5.41, 5.74) is 1.14. The number of hydrogen-bond donors (Lipinski definition) is 0. The molecule has 1 aromatic heterocycles. The van der Waals surface area contributed by atoms with Gasteiger partial charge in [0, 0.05) is 18.1 Å². The molecule has 13 heavy (non-hydrogen) atoms. The van der Waals surface area contributed by atoms with Crippen molar-refractivity contribution < 1.29 is 0 Å². The van der Waals surface area contributed by atoms with E-state index in [-0.39, 0.29) is 0 Å². The zero-order valence-corrected chi connectivity index (χ0v) is 9.54. The Balaban J connectivity index is 2.78. The predicted molar refractivity (Wildman–Crippen MR) is 57.1 cm³/mol. The van der Waals surface area contributed by atoms with Gasteiger partial charge in [-0.25, -0.2) is 0 Å². The molecule has 0 aliphatic heterocycles. The summed E-state index contributed by atoms with van der Waals surface area (Å²) in [5.74, 6) is 0. The topological polar surface area (TPSA) is 28.7 Å². The van der Waals surface area contributed by atoms with E-state index in [2.05, 4.69) is 36.5 Å². The molecule has 0 spiro atoms. The molecule has 70 valence electrons. The third-order valence-corrected chi connectivity index (χ3v) is 3.12. The highest BCUT2D eigenvalue weighted by Crippen LogP contribution is 2.09. The van der Waals surface area contributed by atoms with Crippen LogP contribution >= 0.6 is 0 Å². The minimum Gasteiger partial charge on any atom is -0.353 e. The number of aromatic nitrogens is 1. The fourth-order valence-corrected chi connectivity index (χ4v) is 2.69. The van der Waals surface area contributed by atoms with Crippen molar-refractivity contribution in [1.29, 1.82) is 5.26 Å². The fourth-order valence-electron chi connectivity index (χ4n) is 1.36. The summed E-state index contributed by atoms with van der Waals surface area (Å²) in [6.07, 6.45) is 3.71. The van der Waals surface area contributed by atoms with E-state index in [0.717, 1.165) is 11.9 Å². The molecule has 0 saturated carbocycles. The van der Waals surface area contributed by atoms with Gasteiger partial charge < -0.3 is 4.57 Å². The molecule has 0 aliphatic rings. The molecule has 3 heteroatoms. The molecule has 0 amide bonds. The summed E-state index contributed by atoms with van der Waals surface area (Å²) in [6.45, 7) is 7.01. The van der Waals surface area contributed by atoms with E-state index in [9.17, 15) is 0 Å². The molecule has 0 aliphatic carbocycles. The summed E-state index contributed by atoms with van der Waals surface area (Å²) in [5, 5.41) is 8.61. The van der Waals surface area contributed by atoms with Crippen LogP contribution in [0.4, 0.5) is 0 Å². The van der Waals surface area contributed by atoms with E-state index in [1.807, 2.05) is 12.1 Å².